The Balaban J connectivity index is 0.000000172. The molecule has 6 heterocycles. The molecule has 0 saturated carbocycles. The van der Waals surface area contributed by atoms with E-state index >= 15 is 0 Å². The summed E-state index contributed by atoms with van der Waals surface area (Å²) in [5.74, 6) is 1.71. The average molecular weight is 1150 g/mol. The highest BCUT2D eigenvalue weighted by atomic mass is 79.9. The fraction of sp³-hybridized carbons (Fsp3) is 0.387. The Hall–Kier alpha value is -6.96. The Morgan fingerprint density at radius 3 is 1.46 bits per heavy atom. The highest BCUT2D eigenvalue weighted by Gasteiger charge is 2.24. The second kappa shape index (κ2) is 26.1. The first-order chi connectivity index (χ1) is 38.1. The van der Waals surface area contributed by atoms with Crippen LogP contribution in [0.3, 0.4) is 0 Å². The number of hydrogen-bond acceptors (Lipinski definition) is 12. The third-order valence-corrected chi connectivity index (χ3v) is 15.8. The summed E-state index contributed by atoms with van der Waals surface area (Å²) in [4.78, 5) is 69.3. The summed E-state index contributed by atoms with van der Waals surface area (Å²) in [5, 5.41) is 25.7. The summed E-state index contributed by atoms with van der Waals surface area (Å²) in [7, 11) is 2.82. The molecular weight excluding hydrogens is 1070 g/mol. The van der Waals surface area contributed by atoms with Crippen LogP contribution in [0.4, 0.5) is 11.6 Å². The van der Waals surface area contributed by atoms with Crippen molar-refractivity contribution >= 4 is 85.3 Å². The quantitative estimate of drug-likeness (QED) is 0.0860. The maximum atomic E-state index is 13.5. The van der Waals surface area contributed by atoms with Gasteiger partial charge in [0, 0.05) is 169 Å². The van der Waals surface area contributed by atoms with Gasteiger partial charge in [0.05, 0.1) is 5.52 Å². The minimum Gasteiger partial charge on any atom is -0.423 e. The lowest BCUT2D eigenvalue weighted by molar-refractivity contribution is -0.116. The Bertz CT molecular complexity index is 3390. The number of anilines is 2. The second-order valence-corrected chi connectivity index (χ2v) is 23.1. The van der Waals surface area contributed by atoms with Crippen molar-refractivity contribution in [1.29, 1.82) is 0 Å². The molecule has 4 N–H and O–H groups in total. The molecule has 0 radical (unpaired) electrons. The standard InChI is InChI=1S/C31H37N5O2.C21H23BrN2O2.C10H16BN3O2/c1-20(2)36-9-8-25-26(31(38)33-19-27-22(4)14-21(3)15-29(27)37)16-24(17-28(25)36)23-6-7-30(32-18-23)35-12-10-34(5)11-13-35;1-12(2)24-6-5-16-17(9-15(22)10-19(16)24)21(26)23-11-18-14(4)7-13(3)8-20(18)25;1-13-4-6-14(7-5-13)10-3-2-9(8-12-10)11(15)16/h6-9,14,16-18,20H,10-13,15,19H2,1-5H3,(H,33,38);5-7,9-10,12H,8,11H2,1-4H3,(H,23,26);2-3,8,15-16H,4-7H2,1H3. The van der Waals surface area contributed by atoms with Crippen LogP contribution in [-0.4, -0.2) is 149 Å². The first kappa shape index (κ1) is 59.2. The minimum atomic E-state index is -1.44. The number of allylic oxidation sites excluding steroid dienone is 6. The molecule has 2 aromatic carbocycles. The Morgan fingerprint density at radius 1 is 0.600 bits per heavy atom. The molecule has 2 amide bonds. The summed E-state index contributed by atoms with van der Waals surface area (Å²) >= 11 is 3.51. The van der Waals surface area contributed by atoms with Crippen LogP contribution >= 0.6 is 15.9 Å². The molecule has 2 saturated heterocycles. The molecule has 0 unspecified atom stereocenters. The lowest BCUT2D eigenvalue weighted by Gasteiger charge is -2.33. The zero-order valence-corrected chi connectivity index (χ0v) is 49.5. The third-order valence-electron chi connectivity index (χ3n) is 15.3. The van der Waals surface area contributed by atoms with Crippen LogP contribution in [-0.2, 0) is 9.59 Å². The fourth-order valence-electron chi connectivity index (χ4n) is 10.7. The molecule has 6 aromatic rings. The lowest BCUT2D eigenvalue weighted by Crippen LogP contribution is -2.45. The van der Waals surface area contributed by atoms with Crippen LogP contribution in [0.5, 0.6) is 0 Å². The van der Waals surface area contributed by atoms with Gasteiger partial charge in [0.25, 0.3) is 11.8 Å². The van der Waals surface area contributed by atoms with Gasteiger partial charge in [-0.3, -0.25) is 19.2 Å². The first-order valence-corrected chi connectivity index (χ1v) is 28.4. The van der Waals surface area contributed by atoms with Gasteiger partial charge in [0.2, 0.25) is 0 Å². The van der Waals surface area contributed by atoms with Crippen LogP contribution < -0.4 is 25.9 Å². The van der Waals surface area contributed by atoms with Crippen molar-refractivity contribution in [2.75, 3.05) is 89.3 Å². The van der Waals surface area contributed by atoms with E-state index in [1.807, 2.05) is 94.8 Å². The minimum absolute atomic E-state index is 0.0826. The zero-order valence-electron chi connectivity index (χ0n) is 47.9. The van der Waals surface area contributed by atoms with Crippen LogP contribution in [0.25, 0.3) is 32.9 Å². The van der Waals surface area contributed by atoms with E-state index in [1.54, 1.807) is 6.07 Å². The fourth-order valence-corrected chi connectivity index (χ4v) is 11.1. The number of benzene rings is 2. The van der Waals surface area contributed by atoms with Crippen LogP contribution in [0.1, 0.15) is 101 Å². The molecule has 4 aliphatic rings. The van der Waals surface area contributed by atoms with Gasteiger partial charge in [-0.05, 0) is 141 Å². The molecular formula is C62H76BBrN10O6. The van der Waals surface area contributed by atoms with Crippen LogP contribution in [0, 0.1) is 0 Å². The number of halogens is 1. The number of likely N-dealkylation sites (N-methyl/N-ethyl adjacent to an activating group) is 2. The summed E-state index contributed by atoms with van der Waals surface area (Å²) in [5.41, 5.74) is 10.9. The van der Waals surface area contributed by atoms with Gasteiger partial charge in [0.1, 0.15) is 11.6 Å². The van der Waals surface area contributed by atoms with Crippen molar-refractivity contribution in [1.82, 2.24) is 39.5 Å². The molecule has 4 aromatic heterocycles. The molecule has 16 nitrogen and oxygen atoms in total. The SMILES string of the molecule is CC1=CC(C)=C(CNC(=O)c2cc(-c3ccc(N4CCN(C)CC4)nc3)cc3c2ccn3C(C)C)C(=O)C1.CC1=CC(C)=C(CNC(=O)c2cc(Br)cc3c2ccn3C(C)C)C(=O)C1.CN1CCN(c2ccc(B(O)O)cn2)CC1. The van der Waals surface area contributed by atoms with Gasteiger partial charge in [-0.2, -0.15) is 0 Å². The number of hydrogen-bond donors (Lipinski definition) is 4. The number of aromatic nitrogens is 4. The molecule has 0 atom stereocenters. The van der Waals surface area contributed by atoms with Crippen molar-refractivity contribution in [2.24, 2.45) is 0 Å². The van der Waals surface area contributed by atoms with E-state index in [0.717, 1.165) is 124 Å². The third kappa shape index (κ3) is 14.1. The molecule has 2 aliphatic heterocycles. The van der Waals surface area contributed by atoms with Crippen molar-refractivity contribution < 1.29 is 29.2 Å². The van der Waals surface area contributed by atoms with Crippen molar-refractivity contribution in [2.45, 2.75) is 80.3 Å². The highest BCUT2D eigenvalue weighted by molar-refractivity contribution is 9.10. The number of rotatable bonds is 12. The molecule has 2 fully saturated rings. The lowest BCUT2D eigenvalue weighted by atomic mass is 9.82. The number of carbonyl (C=O) groups excluding carboxylic acids is 4. The number of nitrogens with one attached hydrogen (secondary N) is 2. The Morgan fingerprint density at radius 2 is 1.05 bits per heavy atom. The first-order valence-electron chi connectivity index (χ1n) is 27.6. The number of Topliss-reactive ketones (excluding diaryl/α,β-unsaturated/α-hetero) is 2. The number of amides is 2. The normalized spacial score (nSPS) is 16.4. The average Bonchev–Trinajstić information content (AvgIpc) is 4.06. The number of ketones is 2. The van der Waals surface area contributed by atoms with Gasteiger partial charge in [-0.25, -0.2) is 9.97 Å². The summed E-state index contributed by atoms with van der Waals surface area (Å²) in [6, 6.07) is 20.2. The van der Waals surface area contributed by atoms with Gasteiger partial charge < -0.3 is 49.4 Å². The van der Waals surface area contributed by atoms with E-state index < -0.39 is 7.12 Å². The van der Waals surface area contributed by atoms with Crippen molar-refractivity contribution in [3.05, 3.63) is 147 Å². The zero-order chi connectivity index (χ0) is 57.5. The number of nitrogens with zero attached hydrogens (tertiary/aromatic N) is 8. The predicted octanol–water partition coefficient (Wildman–Crippen LogP) is 8.46. The Labute approximate surface area is 479 Å². The molecule has 2 aliphatic carbocycles. The van der Waals surface area contributed by atoms with Gasteiger partial charge in [0.15, 0.2) is 11.6 Å². The monoisotopic (exact) mass is 1150 g/mol. The molecule has 0 bridgehead atoms. The van der Waals surface area contributed by atoms with E-state index in [2.05, 4.69) is 120 Å². The van der Waals surface area contributed by atoms with Crippen molar-refractivity contribution in [3.63, 3.8) is 0 Å². The smallest absolute Gasteiger partial charge is 0.423 e. The Kier molecular flexibility index (Phi) is 19.3. The summed E-state index contributed by atoms with van der Waals surface area (Å²) in [6.45, 7) is 24.7. The van der Waals surface area contributed by atoms with Crippen molar-refractivity contribution in [3.8, 4) is 11.1 Å². The van der Waals surface area contributed by atoms with Crippen LogP contribution in [0.15, 0.2) is 136 Å². The van der Waals surface area contributed by atoms with Gasteiger partial charge >= 0.3 is 7.12 Å². The maximum Gasteiger partial charge on any atom is 0.490 e. The van der Waals surface area contributed by atoms with E-state index in [-0.39, 0.29) is 42.5 Å². The summed E-state index contributed by atoms with van der Waals surface area (Å²) in [6.07, 6.45) is 12.4. The summed E-state index contributed by atoms with van der Waals surface area (Å²) < 4.78 is 5.19. The molecule has 18 heteroatoms. The topological polar surface area (TPSA) is 181 Å². The van der Waals surface area contributed by atoms with E-state index in [0.29, 0.717) is 46.6 Å². The predicted molar refractivity (Wildman–Crippen MR) is 326 cm³/mol. The second-order valence-electron chi connectivity index (χ2n) is 22.2. The van der Waals surface area contributed by atoms with Gasteiger partial charge in [-0.15, -0.1) is 0 Å². The number of pyridine rings is 2. The molecule has 420 valence electrons. The highest BCUT2D eigenvalue weighted by Crippen LogP contribution is 2.32. The van der Waals surface area contributed by atoms with E-state index in [1.165, 1.54) is 6.20 Å². The largest absolute Gasteiger partial charge is 0.490 e. The van der Waals surface area contributed by atoms with E-state index in [4.69, 9.17) is 15.0 Å². The van der Waals surface area contributed by atoms with E-state index in [9.17, 15) is 19.2 Å². The molecule has 0 spiro atoms. The molecule has 10 rings (SSSR count). The number of fused-ring (bicyclic) bond motifs is 2. The number of piperazine rings is 2. The maximum absolute atomic E-state index is 13.5. The van der Waals surface area contributed by atoms with Crippen LogP contribution in [0.2, 0.25) is 0 Å². The van der Waals surface area contributed by atoms with Gasteiger partial charge in [-0.1, -0.05) is 45.3 Å². The molecule has 80 heavy (non-hydrogen) atoms. The number of carbonyl (C=O) groups is 4.